The molecule has 3 aromatic carbocycles. The Hall–Kier alpha value is -1.37. The van der Waals surface area contributed by atoms with Crippen molar-refractivity contribution in [3.63, 3.8) is 0 Å². The second-order valence-electron chi connectivity index (χ2n) is 5.85. The summed E-state index contributed by atoms with van der Waals surface area (Å²) in [6, 6.07) is 20.2. The van der Waals surface area contributed by atoms with E-state index in [1.54, 1.807) is 30.3 Å². The van der Waals surface area contributed by atoms with Crippen LogP contribution in [0.4, 0.5) is 15.9 Å². The number of nitrogens with zero attached hydrogens (tertiary/aromatic N) is 2. The van der Waals surface area contributed by atoms with Gasteiger partial charge in [-0.15, -0.1) is 6.07 Å². The Bertz CT molecular complexity index is 1100. The van der Waals surface area contributed by atoms with Gasteiger partial charge in [0.1, 0.15) is 24.5 Å². The van der Waals surface area contributed by atoms with Crippen LogP contribution in [0.25, 0.3) is 10.9 Å². The maximum absolute atomic E-state index is 13.2. The Balaban J connectivity index is 0.00000225. The van der Waals surface area contributed by atoms with Crippen LogP contribution >= 0.6 is 11.6 Å². The second-order valence-corrected chi connectivity index (χ2v) is 6.26. The molecule has 0 fully saturated rings. The van der Waals surface area contributed by atoms with Crippen molar-refractivity contribution >= 4 is 34.0 Å². The summed E-state index contributed by atoms with van der Waals surface area (Å²) in [6.07, 6.45) is 1.50. The predicted molar refractivity (Wildman–Crippen MR) is 104 cm³/mol. The fourth-order valence-corrected chi connectivity index (χ4v) is 2.90. The number of aromatic nitrogens is 2. The molecule has 0 unspecified atom stereocenters. The number of ether oxygens (including phenoxy) is 1. The largest absolute Gasteiger partial charge is 1.00 e. The molecule has 0 aliphatic carbocycles. The van der Waals surface area contributed by atoms with Crippen LogP contribution in [0, 0.1) is 11.9 Å². The molecule has 0 saturated heterocycles. The number of rotatable bonds is 5. The molecule has 1 heterocycles. The summed E-state index contributed by atoms with van der Waals surface area (Å²) in [7, 11) is 0. The van der Waals surface area contributed by atoms with Gasteiger partial charge >= 0.3 is 58.2 Å². The number of hydrogen-bond donors (Lipinski definition) is 1. The van der Waals surface area contributed by atoms with Gasteiger partial charge in [0, 0.05) is 5.69 Å². The summed E-state index contributed by atoms with van der Waals surface area (Å²) in [4.78, 5) is 8.52. The summed E-state index contributed by atoms with van der Waals surface area (Å²) < 4.78 is 18.9. The minimum absolute atomic E-state index is 0. The van der Waals surface area contributed by atoms with Crippen LogP contribution in [-0.4, -0.2) is 9.97 Å². The summed E-state index contributed by atoms with van der Waals surface area (Å²) in [6.45, 7) is 0.233. The standard InChI is InChI=1S/C21H14ClFN3O.Rb/c22-18-11-16(26-21-17-6-1-2-7-19(17)24-13-25-21)8-9-20(18)27-12-14-4-3-5-15(23)10-14;/h2-11,13H,12H2,(H,24,25,26);/q-1;+1. The van der Waals surface area contributed by atoms with E-state index in [1.165, 1.54) is 18.5 Å². The topological polar surface area (TPSA) is 47.0 Å². The van der Waals surface area contributed by atoms with E-state index in [0.29, 0.717) is 16.6 Å². The van der Waals surface area contributed by atoms with E-state index < -0.39 is 0 Å². The molecule has 0 aliphatic heterocycles. The van der Waals surface area contributed by atoms with Crippen LogP contribution in [-0.2, 0) is 6.61 Å². The van der Waals surface area contributed by atoms with E-state index in [0.717, 1.165) is 22.2 Å². The number of anilines is 2. The van der Waals surface area contributed by atoms with Crippen LogP contribution in [0.15, 0.2) is 67.0 Å². The van der Waals surface area contributed by atoms with Gasteiger partial charge in [0.15, 0.2) is 0 Å². The summed E-state index contributed by atoms with van der Waals surface area (Å²) in [5.74, 6) is 0.893. The molecule has 0 saturated carbocycles. The van der Waals surface area contributed by atoms with Gasteiger partial charge in [0.2, 0.25) is 0 Å². The van der Waals surface area contributed by atoms with Crippen LogP contribution in [0.2, 0.25) is 5.02 Å². The van der Waals surface area contributed by atoms with Gasteiger partial charge in [0.25, 0.3) is 0 Å². The fourth-order valence-electron chi connectivity index (χ4n) is 2.66. The SMILES string of the molecule is Fc1cccc(COc2ccc(Nc3ncnc4cc[c-]cc34)cc2Cl)c1.[Rb+]. The Morgan fingerprint density at radius 3 is 2.82 bits per heavy atom. The van der Waals surface area contributed by atoms with Crippen LogP contribution in [0.5, 0.6) is 5.75 Å². The first-order chi connectivity index (χ1) is 13.2. The minimum Gasteiger partial charge on any atom is -0.487 e. The van der Waals surface area contributed by atoms with Gasteiger partial charge in [-0.25, -0.2) is 9.37 Å². The zero-order chi connectivity index (χ0) is 18.6. The van der Waals surface area contributed by atoms with Gasteiger partial charge in [-0.05, 0) is 41.4 Å². The molecule has 28 heavy (non-hydrogen) atoms. The Labute approximate surface area is 215 Å². The van der Waals surface area contributed by atoms with Gasteiger partial charge in [-0.2, -0.15) is 18.2 Å². The molecule has 0 radical (unpaired) electrons. The molecular formula is C21H14ClFN3ORb. The quantitative estimate of drug-likeness (QED) is 0.462. The van der Waals surface area contributed by atoms with E-state index in [-0.39, 0.29) is 70.6 Å². The van der Waals surface area contributed by atoms with Gasteiger partial charge in [-0.1, -0.05) is 29.1 Å². The van der Waals surface area contributed by atoms with Crippen molar-refractivity contribution in [2.24, 2.45) is 0 Å². The van der Waals surface area contributed by atoms with E-state index in [1.807, 2.05) is 18.2 Å². The first-order valence-corrected chi connectivity index (χ1v) is 8.61. The molecule has 4 rings (SSSR count). The monoisotopic (exact) mass is 463 g/mol. The minimum atomic E-state index is -0.295. The Morgan fingerprint density at radius 2 is 2.00 bits per heavy atom. The van der Waals surface area contributed by atoms with E-state index in [9.17, 15) is 4.39 Å². The van der Waals surface area contributed by atoms with Crippen LogP contribution in [0.1, 0.15) is 5.56 Å². The van der Waals surface area contributed by atoms with Gasteiger partial charge in [-0.3, -0.25) is 4.98 Å². The third kappa shape index (κ3) is 5.16. The molecule has 4 nitrogen and oxygen atoms in total. The molecule has 7 heteroatoms. The van der Waals surface area contributed by atoms with Crippen LogP contribution in [0.3, 0.4) is 0 Å². The molecule has 1 N–H and O–H groups in total. The first-order valence-electron chi connectivity index (χ1n) is 8.24. The fraction of sp³-hybridized carbons (Fsp3) is 0.0476. The third-order valence-electron chi connectivity index (χ3n) is 3.96. The molecule has 0 spiro atoms. The molecular weight excluding hydrogens is 450 g/mol. The number of benzene rings is 3. The summed E-state index contributed by atoms with van der Waals surface area (Å²) in [5, 5.41) is 4.54. The molecule has 0 aliphatic rings. The molecule has 1 aromatic heterocycles. The normalized spacial score (nSPS) is 10.4. The van der Waals surface area contributed by atoms with Crippen molar-refractivity contribution in [3.8, 4) is 5.75 Å². The number of fused-ring (bicyclic) bond motifs is 1. The summed E-state index contributed by atoms with van der Waals surface area (Å²) in [5.41, 5.74) is 2.33. The van der Waals surface area contributed by atoms with Crippen molar-refractivity contribution in [3.05, 3.63) is 89.5 Å². The average molecular weight is 464 g/mol. The summed E-state index contributed by atoms with van der Waals surface area (Å²) >= 11 is 6.33. The zero-order valence-electron chi connectivity index (χ0n) is 15.1. The van der Waals surface area contributed by atoms with Crippen molar-refractivity contribution in [1.29, 1.82) is 0 Å². The number of hydrogen-bond acceptors (Lipinski definition) is 4. The predicted octanol–water partition coefficient (Wildman–Crippen LogP) is 2.55. The zero-order valence-corrected chi connectivity index (χ0v) is 20.8. The number of nitrogens with one attached hydrogen (secondary N) is 1. The van der Waals surface area contributed by atoms with Crippen molar-refractivity contribution in [2.45, 2.75) is 6.61 Å². The maximum atomic E-state index is 13.2. The molecule has 134 valence electrons. The van der Waals surface area contributed by atoms with Gasteiger partial charge < -0.3 is 10.1 Å². The number of halogens is 2. The molecule has 4 aromatic rings. The van der Waals surface area contributed by atoms with E-state index >= 15 is 0 Å². The average Bonchev–Trinajstić information content (AvgIpc) is 2.68. The van der Waals surface area contributed by atoms with E-state index in [2.05, 4.69) is 21.4 Å². The van der Waals surface area contributed by atoms with Crippen molar-refractivity contribution < 1.29 is 67.3 Å². The second kappa shape index (κ2) is 9.90. The Morgan fingerprint density at radius 1 is 1.11 bits per heavy atom. The van der Waals surface area contributed by atoms with Gasteiger partial charge in [0.05, 0.1) is 10.8 Å². The first kappa shape index (κ1) is 21.3. The van der Waals surface area contributed by atoms with Crippen molar-refractivity contribution in [2.75, 3.05) is 5.32 Å². The van der Waals surface area contributed by atoms with E-state index in [4.69, 9.17) is 16.3 Å². The Kier molecular flexibility index (Phi) is 7.54. The molecule has 0 atom stereocenters. The molecule has 0 bridgehead atoms. The molecule has 0 amide bonds. The van der Waals surface area contributed by atoms with Crippen LogP contribution < -0.4 is 68.2 Å². The smallest absolute Gasteiger partial charge is 0.487 e. The third-order valence-corrected chi connectivity index (χ3v) is 4.25. The van der Waals surface area contributed by atoms with Crippen molar-refractivity contribution in [1.82, 2.24) is 9.97 Å². The maximum Gasteiger partial charge on any atom is 1.00 e.